The molecule has 4 N–H and O–H groups in total. The summed E-state index contributed by atoms with van der Waals surface area (Å²) in [5.74, 6) is -1.03. The van der Waals surface area contributed by atoms with Gasteiger partial charge in [0.2, 0.25) is 5.91 Å². The molecular formula is C23H19N3O3S. The lowest BCUT2D eigenvalue weighted by Crippen LogP contribution is -2.21. The zero-order valence-electron chi connectivity index (χ0n) is 15.9. The molecule has 3 aromatic carbocycles. The first-order chi connectivity index (χ1) is 14.5. The minimum absolute atomic E-state index is 0.454. The van der Waals surface area contributed by atoms with Gasteiger partial charge >= 0.3 is 0 Å². The Labute approximate surface area is 178 Å². The molecule has 7 heteroatoms. The zero-order valence-corrected chi connectivity index (χ0v) is 16.7. The van der Waals surface area contributed by atoms with Crippen molar-refractivity contribution in [3.05, 3.63) is 89.5 Å². The average Bonchev–Trinajstić information content (AvgIpc) is 2.77. The number of benzene rings is 3. The monoisotopic (exact) mass is 417 g/mol. The third kappa shape index (κ3) is 4.07. The topological polar surface area (TPSA) is 95.7 Å². The van der Waals surface area contributed by atoms with E-state index in [2.05, 4.69) is 17.0 Å². The molecule has 2 amide bonds. The normalized spacial score (nSPS) is 12.4. The molecule has 30 heavy (non-hydrogen) atoms. The summed E-state index contributed by atoms with van der Waals surface area (Å²) in [4.78, 5) is 27.2. The molecule has 0 saturated carbocycles. The lowest BCUT2D eigenvalue weighted by Gasteiger charge is -2.33. The van der Waals surface area contributed by atoms with Crippen LogP contribution in [0.3, 0.4) is 0 Å². The van der Waals surface area contributed by atoms with Crippen molar-refractivity contribution in [2.45, 2.75) is 16.3 Å². The van der Waals surface area contributed by atoms with Crippen LogP contribution in [0.1, 0.15) is 21.5 Å². The van der Waals surface area contributed by atoms with Gasteiger partial charge < -0.3 is 10.6 Å². The van der Waals surface area contributed by atoms with E-state index in [1.807, 2.05) is 48.5 Å². The fourth-order valence-corrected chi connectivity index (χ4v) is 4.35. The van der Waals surface area contributed by atoms with E-state index in [0.717, 1.165) is 32.3 Å². The van der Waals surface area contributed by atoms with Crippen molar-refractivity contribution in [1.82, 2.24) is 5.48 Å². The summed E-state index contributed by atoms with van der Waals surface area (Å²) in [5, 5.41) is 8.57. The number of primary amides is 1. The number of hydrogen-bond acceptors (Lipinski definition) is 5. The number of amides is 2. The number of anilines is 2. The van der Waals surface area contributed by atoms with Crippen molar-refractivity contribution < 1.29 is 14.8 Å². The van der Waals surface area contributed by atoms with Crippen LogP contribution in [0.2, 0.25) is 0 Å². The Balaban J connectivity index is 1.67. The van der Waals surface area contributed by atoms with Crippen molar-refractivity contribution in [2.75, 3.05) is 4.90 Å². The van der Waals surface area contributed by atoms with Gasteiger partial charge in [-0.2, -0.15) is 0 Å². The van der Waals surface area contributed by atoms with E-state index in [4.69, 9.17) is 10.9 Å². The van der Waals surface area contributed by atoms with Gasteiger partial charge in [0.15, 0.2) is 0 Å². The molecular weight excluding hydrogens is 398 g/mol. The second-order valence-corrected chi connectivity index (χ2v) is 7.84. The van der Waals surface area contributed by atoms with Gasteiger partial charge in [-0.05, 0) is 47.5 Å². The van der Waals surface area contributed by atoms with Gasteiger partial charge in [0.25, 0.3) is 5.91 Å². The lowest BCUT2D eigenvalue weighted by atomic mass is 10.1. The molecule has 1 aliphatic rings. The predicted molar refractivity (Wildman–Crippen MR) is 117 cm³/mol. The molecule has 0 bridgehead atoms. The molecule has 150 valence electrons. The van der Waals surface area contributed by atoms with Gasteiger partial charge in [-0.1, -0.05) is 48.2 Å². The van der Waals surface area contributed by atoms with Gasteiger partial charge in [-0.15, -0.1) is 0 Å². The first-order valence-corrected chi connectivity index (χ1v) is 10.1. The molecule has 0 aromatic heterocycles. The molecule has 0 spiro atoms. The number of nitrogens with zero attached hydrogens (tertiary/aromatic N) is 1. The number of fused-ring (bicyclic) bond motifs is 2. The first-order valence-electron chi connectivity index (χ1n) is 9.24. The molecule has 4 rings (SSSR count). The van der Waals surface area contributed by atoms with Crippen LogP contribution in [-0.4, -0.2) is 17.0 Å². The van der Waals surface area contributed by atoms with Crippen molar-refractivity contribution in [1.29, 1.82) is 0 Å². The molecule has 0 saturated heterocycles. The highest BCUT2D eigenvalue weighted by atomic mass is 32.2. The third-order valence-electron chi connectivity index (χ3n) is 4.77. The van der Waals surface area contributed by atoms with Gasteiger partial charge in [0, 0.05) is 28.0 Å². The standard InChI is InChI=1S/C23H19N3O3S/c24-23(28)17-10-11-21-19(13-17)26(18-3-1-2-4-20(18)30-21)14-16-7-5-15(6-8-16)9-12-22(27)25-29/h1-13,29H,14H2,(H2,24,28)(H,25,27)/b12-9+. The highest BCUT2D eigenvalue weighted by Gasteiger charge is 2.24. The quantitative estimate of drug-likeness (QED) is 0.330. The van der Waals surface area contributed by atoms with Crippen LogP contribution in [0.15, 0.2) is 82.6 Å². The summed E-state index contributed by atoms with van der Waals surface area (Å²) in [6.07, 6.45) is 2.88. The van der Waals surface area contributed by atoms with Gasteiger partial charge in [-0.3, -0.25) is 14.8 Å². The Morgan fingerprint density at radius 2 is 1.73 bits per heavy atom. The Kier molecular flexibility index (Phi) is 5.56. The minimum atomic E-state index is -0.580. The number of carbonyl (C=O) groups is 2. The number of hydrogen-bond donors (Lipinski definition) is 3. The molecule has 1 aliphatic heterocycles. The van der Waals surface area contributed by atoms with Gasteiger partial charge in [-0.25, -0.2) is 5.48 Å². The number of nitrogens with two attached hydrogens (primary N) is 1. The Hall–Kier alpha value is -3.55. The van der Waals surface area contributed by atoms with E-state index < -0.39 is 11.8 Å². The number of rotatable bonds is 5. The summed E-state index contributed by atoms with van der Waals surface area (Å²) in [5.41, 5.74) is 11.5. The van der Waals surface area contributed by atoms with Crippen LogP contribution in [0.25, 0.3) is 6.08 Å². The summed E-state index contributed by atoms with van der Waals surface area (Å²) in [7, 11) is 0. The van der Waals surface area contributed by atoms with Crippen molar-refractivity contribution in [3.63, 3.8) is 0 Å². The number of carbonyl (C=O) groups excluding carboxylic acids is 2. The minimum Gasteiger partial charge on any atom is -0.366 e. The van der Waals surface area contributed by atoms with Crippen molar-refractivity contribution in [2.24, 2.45) is 5.73 Å². The second kappa shape index (κ2) is 8.44. The molecule has 3 aromatic rings. The van der Waals surface area contributed by atoms with Gasteiger partial charge in [0.05, 0.1) is 11.4 Å². The average molecular weight is 417 g/mol. The van der Waals surface area contributed by atoms with Crippen LogP contribution >= 0.6 is 11.8 Å². The van der Waals surface area contributed by atoms with Gasteiger partial charge in [0.1, 0.15) is 0 Å². The van der Waals surface area contributed by atoms with E-state index in [1.165, 1.54) is 6.08 Å². The number of hydroxylamine groups is 1. The van der Waals surface area contributed by atoms with E-state index in [-0.39, 0.29) is 0 Å². The Morgan fingerprint density at radius 3 is 2.47 bits per heavy atom. The summed E-state index contributed by atoms with van der Waals surface area (Å²) in [6.45, 7) is 0.605. The third-order valence-corrected chi connectivity index (χ3v) is 5.90. The molecule has 0 aliphatic carbocycles. The molecule has 1 heterocycles. The Morgan fingerprint density at radius 1 is 1.00 bits per heavy atom. The maximum Gasteiger partial charge on any atom is 0.267 e. The number of para-hydroxylation sites is 1. The highest BCUT2D eigenvalue weighted by Crippen LogP contribution is 2.48. The maximum atomic E-state index is 11.7. The fraction of sp³-hybridized carbons (Fsp3) is 0.0435. The lowest BCUT2D eigenvalue weighted by molar-refractivity contribution is -0.124. The van der Waals surface area contributed by atoms with E-state index >= 15 is 0 Å². The first kappa shape index (κ1) is 19.8. The summed E-state index contributed by atoms with van der Waals surface area (Å²) < 4.78 is 0. The van der Waals surface area contributed by atoms with E-state index in [1.54, 1.807) is 29.4 Å². The largest absolute Gasteiger partial charge is 0.366 e. The SMILES string of the molecule is NC(=O)c1ccc2c(c1)N(Cc1ccc(/C=C/C(=O)NO)cc1)c1ccccc1S2. The van der Waals surface area contributed by atoms with E-state index in [0.29, 0.717) is 12.1 Å². The molecule has 0 unspecified atom stereocenters. The van der Waals surface area contributed by atoms with E-state index in [9.17, 15) is 9.59 Å². The maximum absolute atomic E-state index is 11.7. The molecule has 0 radical (unpaired) electrons. The molecule has 6 nitrogen and oxygen atoms in total. The van der Waals surface area contributed by atoms with Crippen LogP contribution < -0.4 is 16.1 Å². The predicted octanol–water partition coefficient (Wildman–Crippen LogP) is 4.11. The van der Waals surface area contributed by atoms with Crippen molar-refractivity contribution in [3.8, 4) is 0 Å². The number of nitrogens with one attached hydrogen (secondary N) is 1. The van der Waals surface area contributed by atoms with Crippen LogP contribution in [0.4, 0.5) is 11.4 Å². The Bertz CT molecular complexity index is 1140. The van der Waals surface area contributed by atoms with Crippen LogP contribution in [-0.2, 0) is 11.3 Å². The zero-order chi connectivity index (χ0) is 21.1. The van der Waals surface area contributed by atoms with Crippen LogP contribution in [0.5, 0.6) is 0 Å². The van der Waals surface area contributed by atoms with Crippen LogP contribution in [0, 0.1) is 0 Å². The van der Waals surface area contributed by atoms with Crippen molar-refractivity contribution >= 4 is 41.0 Å². The molecule has 0 atom stereocenters. The smallest absolute Gasteiger partial charge is 0.267 e. The highest BCUT2D eigenvalue weighted by molar-refractivity contribution is 7.99. The second-order valence-electron chi connectivity index (χ2n) is 6.75. The fourth-order valence-electron chi connectivity index (χ4n) is 3.28. The molecule has 0 fully saturated rings. The summed E-state index contributed by atoms with van der Waals surface area (Å²) in [6, 6.07) is 21.5. The summed E-state index contributed by atoms with van der Waals surface area (Å²) >= 11 is 1.67.